The molecule has 0 amide bonds. The van der Waals surface area contributed by atoms with E-state index < -0.39 is 0 Å². The first-order chi connectivity index (χ1) is 0. The second-order valence-electron chi connectivity index (χ2n) is 0. The molecule has 0 fully saturated rings. The fourth-order valence-electron chi connectivity index (χ4n) is 0. The summed E-state index contributed by atoms with van der Waals surface area (Å²) in [6.45, 7) is 0. The first kappa shape index (κ1) is 438. The number of rotatable bonds is 0. The Morgan fingerprint density at radius 2 is 0.267 bits per heavy atom. The van der Waals surface area contributed by atoms with Crippen molar-refractivity contribution in [2.45, 2.75) is 0 Å². The van der Waals surface area contributed by atoms with Crippen LogP contribution in [0, 0.1) is 0 Å². The maximum absolute atomic E-state index is 0. The van der Waals surface area contributed by atoms with Crippen LogP contribution in [0.15, 0.2) is 0 Å². The van der Waals surface area contributed by atoms with Crippen LogP contribution >= 0.6 is 0 Å². The fourth-order valence-corrected chi connectivity index (χ4v) is 0. The van der Waals surface area contributed by atoms with Crippen LogP contribution in [-0.2, 0) is 127 Å². The van der Waals surface area contributed by atoms with Crippen LogP contribution in [0.3, 0.4) is 0 Å². The van der Waals surface area contributed by atoms with Gasteiger partial charge in [-0.1, -0.05) is 0 Å². The largest absolute Gasteiger partial charge is 4.00 e. The Morgan fingerprint density at radius 3 is 0.267 bits per heavy atom. The molecule has 15 heteroatoms. The number of hydrogen-bond donors (Lipinski definition) is 0. The zero-order valence-electron chi connectivity index (χ0n) is 6.80. The van der Waals surface area contributed by atoms with E-state index in [-0.39, 0.29) is 173 Å². The van der Waals surface area contributed by atoms with Crippen LogP contribution in [0.2, 0.25) is 0 Å². The van der Waals surface area contributed by atoms with Gasteiger partial charge in [0.25, 0.3) is 0 Å². The standard InChI is InChI=1S/2Fe.2Mg.9O.2Ti/q2*+3;2*+2;9*-2;2*+4. The van der Waals surface area contributed by atoms with Crippen molar-refractivity contribution in [3.8, 4) is 0 Å². The SMILES string of the molecule is [Fe+3].[Fe+3].[Mg+2].[Mg+2].[O-2].[O-2].[O-2].[O-2].[O-2].[O-2].[O-2].[O-2].[O-2].[Ti+4].[Ti+4]. The van der Waals surface area contributed by atoms with E-state index in [4.69, 9.17) is 0 Å². The minimum Gasteiger partial charge on any atom is -2.00 e. The molecule has 0 aliphatic heterocycles. The van der Waals surface area contributed by atoms with E-state index in [0.717, 1.165) is 0 Å². The summed E-state index contributed by atoms with van der Waals surface area (Å²) in [4.78, 5) is 0. The molecule has 0 saturated carbocycles. The van der Waals surface area contributed by atoms with Crippen molar-refractivity contribution in [1.29, 1.82) is 0 Å². The molecule has 0 aliphatic rings. The zero-order valence-corrected chi connectivity index (χ0v) is 15.0. The Balaban J connectivity index is 0. The molecule has 0 bridgehead atoms. The molecule has 0 saturated heterocycles. The van der Waals surface area contributed by atoms with Crippen LogP contribution < -0.4 is 0 Å². The van der Waals surface area contributed by atoms with Crippen molar-refractivity contribution in [3.63, 3.8) is 0 Å². The molecule has 0 aromatic rings. The van der Waals surface area contributed by atoms with Gasteiger partial charge in [-0.05, 0) is 0 Å². The van der Waals surface area contributed by atoms with E-state index in [1.807, 2.05) is 0 Å². The first-order valence-electron chi connectivity index (χ1n) is 0. The molecule has 9 nitrogen and oxygen atoms in total. The van der Waals surface area contributed by atoms with Gasteiger partial charge in [-0.15, -0.1) is 0 Å². The van der Waals surface area contributed by atoms with E-state index >= 15 is 0 Å². The van der Waals surface area contributed by atoms with Crippen LogP contribution in [-0.4, -0.2) is 46.1 Å². The third-order valence-corrected chi connectivity index (χ3v) is 0. The summed E-state index contributed by atoms with van der Waals surface area (Å²) < 4.78 is 0. The molecule has 82 valence electrons. The van der Waals surface area contributed by atoms with Gasteiger partial charge < -0.3 is 49.3 Å². The average molecular weight is 400 g/mol. The van der Waals surface area contributed by atoms with Gasteiger partial charge in [-0.25, -0.2) is 0 Å². The van der Waals surface area contributed by atoms with Crippen molar-refractivity contribution >= 4 is 46.1 Å². The van der Waals surface area contributed by atoms with Gasteiger partial charge in [-0.3, -0.25) is 0 Å². The van der Waals surface area contributed by atoms with Gasteiger partial charge in [0.1, 0.15) is 0 Å². The van der Waals surface area contributed by atoms with Crippen molar-refractivity contribution in [3.05, 3.63) is 0 Å². The Hall–Kier alpha value is 3.64. The molecule has 0 rings (SSSR count). The monoisotopic (exact) mass is 400 g/mol. The Bertz CT molecular complexity index is 24.1. The summed E-state index contributed by atoms with van der Waals surface area (Å²) in [6.07, 6.45) is 0. The van der Waals surface area contributed by atoms with Gasteiger partial charge >= 0.3 is 124 Å². The molecular weight excluding hydrogens is 400 g/mol. The molecule has 0 aromatic carbocycles. The minimum atomic E-state index is 0. The first-order valence-corrected chi connectivity index (χ1v) is 0. The minimum absolute atomic E-state index is 0. The van der Waals surface area contributed by atoms with Crippen LogP contribution in [0.4, 0.5) is 0 Å². The van der Waals surface area contributed by atoms with Gasteiger partial charge in [0.2, 0.25) is 0 Å². The Labute approximate surface area is 170 Å². The molecular formula is Fe2Mg2O9Ti2. The smallest absolute Gasteiger partial charge is 2.00 e. The second-order valence-corrected chi connectivity index (χ2v) is 0. The van der Waals surface area contributed by atoms with Gasteiger partial charge in [0.15, 0.2) is 0 Å². The van der Waals surface area contributed by atoms with Crippen LogP contribution in [0.1, 0.15) is 0 Å². The van der Waals surface area contributed by atoms with Crippen LogP contribution in [0.5, 0.6) is 0 Å². The van der Waals surface area contributed by atoms with E-state index in [2.05, 4.69) is 0 Å². The maximum Gasteiger partial charge on any atom is 4.00 e. The third-order valence-electron chi connectivity index (χ3n) is 0. The van der Waals surface area contributed by atoms with Crippen LogP contribution in [0.25, 0.3) is 0 Å². The van der Waals surface area contributed by atoms with E-state index in [1.165, 1.54) is 0 Å². The molecule has 0 spiro atoms. The zero-order chi connectivity index (χ0) is 0. The van der Waals surface area contributed by atoms with Crippen molar-refractivity contribution in [2.75, 3.05) is 0 Å². The van der Waals surface area contributed by atoms with E-state index in [0.29, 0.717) is 0 Å². The molecule has 0 atom stereocenters. The van der Waals surface area contributed by atoms with E-state index in [9.17, 15) is 0 Å². The summed E-state index contributed by atoms with van der Waals surface area (Å²) in [5, 5.41) is 0. The molecule has 0 aliphatic carbocycles. The maximum atomic E-state index is 0. The summed E-state index contributed by atoms with van der Waals surface area (Å²) in [7, 11) is 0. The summed E-state index contributed by atoms with van der Waals surface area (Å²) in [5.41, 5.74) is 0. The normalized spacial score (nSPS) is 0. The average Bonchev–Trinajstić information content (AvgIpc) is 0. The summed E-state index contributed by atoms with van der Waals surface area (Å²) >= 11 is 0. The molecule has 0 heterocycles. The van der Waals surface area contributed by atoms with Crippen molar-refractivity contribution in [2.24, 2.45) is 0 Å². The number of hydrogen-bond acceptors (Lipinski definition) is 0. The predicted molar refractivity (Wildman–Crippen MR) is 17.7 cm³/mol. The molecule has 0 aromatic heterocycles. The Morgan fingerprint density at radius 1 is 0.267 bits per heavy atom. The molecule has 0 N–H and O–H groups in total. The third kappa shape index (κ3) is 326. The van der Waals surface area contributed by atoms with Crippen molar-refractivity contribution in [1.82, 2.24) is 0 Å². The molecule has 2 radical (unpaired) electrons. The molecule has 0 unspecified atom stereocenters. The predicted octanol–water partition coefficient (Wildman–Crippen LogP) is -1.84. The van der Waals surface area contributed by atoms with Crippen molar-refractivity contribution < 1.29 is 127 Å². The summed E-state index contributed by atoms with van der Waals surface area (Å²) in [5.74, 6) is 0. The second kappa shape index (κ2) is 369. The van der Waals surface area contributed by atoms with Gasteiger partial charge in [0, 0.05) is 0 Å². The van der Waals surface area contributed by atoms with E-state index in [1.54, 1.807) is 0 Å². The Kier molecular flexibility index (Phi) is 10800. The topological polar surface area (TPSA) is 256 Å². The molecule has 15 heavy (non-hydrogen) atoms. The van der Waals surface area contributed by atoms with Gasteiger partial charge in [0.05, 0.1) is 0 Å². The fraction of sp³-hybridized carbons (Fsp3) is 0. The summed E-state index contributed by atoms with van der Waals surface area (Å²) in [6, 6.07) is 0. The quantitative estimate of drug-likeness (QED) is 0.406. The van der Waals surface area contributed by atoms with Gasteiger partial charge in [-0.2, -0.15) is 0 Å².